The first-order valence-electron chi connectivity index (χ1n) is 17.7. The highest BCUT2D eigenvalue weighted by molar-refractivity contribution is 5.82. The first kappa shape index (κ1) is 34.6. The number of amides is 2. The number of imidazole rings is 2. The molecule has 7 rings (SSSR count). The predicted molar refractivity (Wildman–Crippen MR) is 199 cm³/mol. The highest BCUT2D eigenvalue weighted by Gasteiger charge is 2.37. The van der Waals surface area contributed by atoms with Crippen LogP contribution in [0.1, 0.15) is 54.7 Å². The van der Waals surface area contributed by atoms with E-state index in [-0.39, 0.29) is 30.8 Å². The van der Waals surface area contributed by atoms with Gasteiger partial charge in [-0.2, -0.15) is 0 Å². The zero-order chi connectivity index (χ0) is 36.0. The van der Waals surface area contributed by atoms with Gasteiger partial charge in [0, 0.05) is 19.5 Å². The number of aliphatic hydroxyl groups is 2. The Kier molecular flexibility index (Phi) is 10.4. The summed E-state index contributed by atoms with van der Waals surface area (Å²) in [5.74, 6) is 0.943. The van der Waals surface area contributed by atoms with E-state index < -0.39 is 12.2 Å². The summed E-state index contributed by atoms with van der Waals surface area (Å²) in [6.07, 6.45) is 3.22. The topological polar surface area (TPSA) is 138 Å². The van der Waals surface area contributed by atoms with Crippen molar-refractivity contribution in [3.63, 3.8) is 0 Å². The molecule has 6 aromatic rings. The van der Waals surface area contributed by atoms with Gasteiger partial charge < -0.3 is 30.0 Å². The summed E-state index contributed by atoms with van der Waals surface area (Å²) in [4.78, 5) is 45.6. The number of aromatic amines is 2. The average molecular weight is 695 g/mol. The molecule has 2 aromatic heterocycles. The molecule has 1 saturated heterocycles. The number of benzene rings is 4. The van der Waals surface area contributed by atoms with Gasteiger partial charge in [-0.05, 0) is 39.8 Å². The van der Waals surface area contributed by atoms with E-state index in [0.717, 1.165) is 45.6 Å². The number of hydrogen-bond acceptors (Lipinski definition) is 6. The van der Waals surface area contributed by atoms with Crippen molar-refractivity contribution in [2.75, 3.05) is 13.1 Å². The Morgan fingerprint density at radius 3 is 2.02 bits per heavy atom. The first-order valence-corrected chi connectivity index (χ1v) is 17.7. The van der Waals surface area contributed by atoms with E-state index in [2.05, 4.69) is 44.2 Å². The van der Waals surface area contributed by atoms with Gasteiger partial charge in [-0.25, -0.2) is 9.97 Å². The summed E-state index contributed by atoms with van der Waals surface area (Å²) < 4.78 is 0. The number of nitrogens with zero attached hydrogens (tertiary/aromatic N) is 4. The van der Waals surface area contributed by atoms with Gasteiger partial charge in [-0.3, -0.25) is 9.59 Å². The standard InChI is InChI=1S/C42H42N6O4/c1-2-21-47(42(52)40(51)33-11-7-4-8-12-33)27-38-43-24-35(45-38)31-17-13-29(14-18-31)30-15-19-32(20-16-30)36-25-44-41(46-36)37-23-34(49)26-48(37)39(50)22-28-9-5-3-6-10-28/h3-20,24-25,34,37,40,49,51H,2,21-23,26-27H2,1H3,(H,43,45)(H,44,46)/t34-,37-,40+/m0/s1. The van der Waals surface area contributed by atoms with Crippen LogP contribution in [0.5, 0.6) is 0 Å². The molecule has 10 nitrogen and oxygen atoms in total. The van der Waals surface area contributed by atoms with E-state index in [0.29, 0.717) is 36.7 Å². The van der Waals surface area contributed by atoms with Crippen molar-refractivity contribution in [1.29, 1.82) is 0 Å². The van der Waals surface area contributed by atoms with Gasteiger partial charge in [0.05, 0.1) is 48.9 Å². The second kappa shape index (κ2) is 15.6. The molecule has 0 spiro atoms. The molecule has 0 saturated carbocycles. The molecule has 2 amide bonds. The maximum Gasteiger partial charge on any atom is 0.256 e. The molecule has 1 fully saturated rings. The van der Waals surface area contributed by atoms with Crippen molar-refractivity contribution >= 4 is 11.8 Å². The summed E-state index contributed by atoms with van der Waals surface area (Å²) in [6, 6.07) is 34.7. The van der Waals surface area contributed by atoms with Crippen LogP contribution in [0, 0.1) is 0 Å². The smallest absolute Gasteiger partial charge is 0.256 e. The normalized spacial score (nSPS) is 16.2. The fraction of sp³-hybridized carbons (Fsp3) is 0.238. The summed E-state index contributed by atoms with van der Waals surface area (Å²) in [5, 5.41) is 21.2. The molecule has 0 bridgehead atoms. The summed E-state index contributed by atoms with van der Waals surface area (Å²) in [5.41, 5.74) is 7.25. The lowest BCUT2D eigenvalue weighted by Gasteiger charge is -2.24. The Balaban J connectivity index is 0.991. The SMILES string of the molecule is CCCN(Cc1ncc(-c2ccc(-c3ccc(-c4cnc([C@@H]5C[C@H](O)CN5C(=O)Cc5ccccc5)[nH]4)cc3)cc2)[nH]1)C(=O)[C@H](O)c1ccccc1. The van der Waals surface area contributed by atoms with Crippen LogP contribution in [-0.4, -0.2) is 71.0 Å². The van der Waals surface area contributed by atoms with E-state index >= 15 is 0 Å². The van der Waals surface area contributed by atoms with Crippen molar-refractivity contribution in [2.24, 2.45) is 0 Å². The third-order valence-corrected chi connectivity index (χ3v) is 9.56. The van der Waals surface area contributed by atoms with E-state index in [9.17, 15) is 19.8 Å². The minimum absolute atomic E-state index is 0.0283. The van der Waals surface area contributed by atoms with Crippen molar-refractivity contribution in [3.05, 3.63) is 144 Å². The second-order valence-corrected chi connectivity index (χ2v) is 13.3. The molecule has 10 heteroatoms. The molecule has 264 valence electrons. The molecule has 4 N–H and O–H groups in total. The van der Waals surface area contributed by atoms with Gasteiger partial charge in [0.2, 0.25) is 5.91 Å². The molecule has 0 radical (unpaired) electrons. The predicted octanol–water partition coefficient (Wildman–Crippen LogP) is 6.48. The summed E-state index contributed by atoms with van der Waals surface area (Å²) in [6.45, 7) is 3.07. The highest BCUT2D eigenvalue weighted by atomic mass is 16.3. The van der Waals surface area contributed by atoms with Crippen LogP contribution in [0.2, 0.25) is 0 Å². The van der Waals surface area contributed by atoms with Gasteiger partial charge >= 0.3 is 0 Å². The van der Waals surface area contributed by atoms with Crippen LogP contribution in [0.3, 0.4) is 0 Å². The van der Waals surface area contributed by atoms with Gasteiger partial charge in [0.15, 0.2) is 6.10 Å². The third-order valence-electron chi connectivity index (χ3n) is 9.56. The fourth-order valence-electron chi connectivity index (χ4n) is 6.82. The van der Waals surface area contributed by atoms with E-state index in [1.54, 1.807) is 34.3 Å². The molecule has 1 aliphatic heterocycles. The maximum absolute atomic E-state index is 13.2. The van der Waals surface area contributed by atoms with Crippen molar-refractivity contribution in [2.45, 2.75) is 51.0 Å². The van der Waals surface area contributed by atoms with E-state index in [4.69, 9.17) is 0 Å². The number of aliphatic hydroxyl groups excluding tert-OH is 2. The molecule has 4 aromatic carbocycles. The fourth-order valence-corrected chi connectivity index (χ4v) is 6.82. The number of nitrogens with one attached hydrogen (secondary N) is 2. The van der Waals surface area contributed by atoms with Crippen LogP contribution in [0.4, 0.5) is 0 Å². The maximum atomic E-state index is 13.2. The molecule has 52 heavy (non-hydrogen) atoms. The number of rotatable bonds is 12. The van der Waals surface area contributed by atoms with Crippen LogP contribution in [-0.2, 0) is 22.6 Å². The quantitative estimate of drug-likeness (QED) is 0.116. The number of likely N-dealkylation sites (tertiary alicyclic amines) is 1. The average Bonchev–Trinajstić information content (AvgIpc) is 3.96. The van der Waals surface area contributed by atoms with Gasteiger partial charge in [0.1, 0.15) is 11.6 Å². The molecule has 3 heterocycles. The molecular formula is C42H42N6O4. The number of carbonyl (C=O) groups is 2. The molecule has 0 unspecified atom stereocenters. The Hall–Kier alpha value is -5.84. The van der Waals surface area contributed by atoms with Crippen LogP contribution in [0.25, 0.3) is 33.6 Å². The third kappa shape index (κ3) is 7.73. The number of carbonyl (C=O) groups excluding carboxylic acids is 2. The van der Waals surface area contributed by atoms with Gasteiger partial charge in [-0.1, -0.05) is 116 Å². The summed E-state index contributed by atoms with van der Waals surface area (Å²) >= 11 is 0. The van der Waals surface area contributed by atoms with Crippen LogP contribution >= 0.6 is 0 Å². The van der Waals surface area contributed by atoms with Crippen LogP contribution in [0.15, 0.2) is 122 Å². The number of H-pyrrole nitrogens is 2. The minimum Gasteiger partial charge on any atom is -0.391 e. The van der Waals surface area contributed by atoms with E-state index in [1.807, 2.05) is 79.7 Å². The van der Waals surface area contributed by atoms with Gasteiger partial charge in [0.25, 0.3) is 5.91 Å². The van der Waals surface area contributed by atoms with Crippen LogP contribution < -0.4 is 0 Å². The number of hydrogen-bond donors (Lipinski definition) is 4. The lowest BCUT2D eigenvalue weighted by molar-refractivity contribution is -0.141. The Morgan fingerprint density at radius 1 is 0.808 bits per heavy atom. The van der Waals surface area contributed by atoms with E-state index in [1.165, 1.54) is 0 Å². The Morgan fingerprint density at radius 2 is 1.38 bits per heavy atom. The highest BCUT2D eigenvalue weighted by Crippen LogP contribution is 2.33. The largest absolute Gasteiger partial charge is 0.391 e. The lowest BCUT2D eigenvalue weighted by atomic mass is 10.0. The number of β-amino-alcohol motifs (C(OH)–C–C–N with tert-alkyl or cyclic N) is 1. The van der Waals surface area contributed by atoms with Crippen molar-refractivity contribution < 1.29 is 19.8 Å². The number of aromatic nitrogens is 4. The summed E-state index contributed by atoms with van der Waals surface area (Å²) in [7, 11) is 0. The minimum atomic E-state index is -1.22. The zero-order valence-corrected chi connectivity index (χ0v) is 29.0. The molecule has 1 aliphatic rings. The monoisotopic (exact) mass is 694 g/mol. The first-order chi connectivity index (χ1) is 25.4. The van der Waals surface area contributed by atoms with Gasteiger partial charge in [-0.15, -0.1) is 0 Å². The lowest BCUT2D eigenvalue weighted by Crippen LogP contribution is -2.35. The molecular weight excluding hydrogens is 653 g/mol. The van der Waals surface area contributed by atoms with Crippen molar-refractivity contribution in [3.8, 4) is 33.6 Å². The van der Waals surface area contributed by atoms with Crippen molar-refractivity contribution in [1.82, 2.24) is 29.7 Å². The molecule has 3 atom stereocenters. The Bertz CT molecular complexity index is 2090. The molecule has 0 aliphatic carbocycles. The Labute approximate surface area is 302 Å². The zero-order valence-electron chi connectivity index (χ0n) is 29.0. The second-order valence-electron chi connectivity index (χ2n) is 13.3.